The molecule has 2 amide bonds. The number of anilines is 1. The van der Waals surface area contributed by atoms with Crippen molar-refractivity contribution in [2.24, 2.45) is 17.8 Å². The number of sulfonamides is 1. The van der Waals surface area contributed by atoms with Crippen LogP contribution in [0.4, 0.5) is 5.69 Å². The molecular weight excluding hydrogens is 581 g/mol. The van der Waals surface area contributed by atoms with Gasteiger partial charge in [0, 0.05) is 13.1 Å². The van der Waals surface area contributed by atoms with Gasteiger partial charge in [0.2, 0.25) is 21.8 Å². The molecule has 10 heteroatoms. The summed E-state index contributed by atoms with van der Waals surface area (Å²) < 4.78 is 27.1. The highest BCUT2D eigenvalue weighted by Gasteiger charge is 2.51. The molecule has 0 aliphatic heterocycles. The number of likely N-dealkylation sites (N-methyl/N-ethyl adjacent to an activating group) is 1. The molecule has 4 aliphatic rings. The lowest BCUT2D eigenvalue weighted by Crippen LogP contribution is -2.51. The van der Waals surface area contributed by atoms with Gasteiger partial charge in [0.25, 0.3) is 0 Å². The number of hydrogen-bond acceptors (Lipinski definition) is 4. The summed E-state index contributed by atoms with van der Waals surface area (Å²) in [5, 5.41) is 3.46. The first-order chi connectivity index (χ1) is 19.4. The van der Waals surface area contributed by atoms with E-state index >= 15 is 0 Å². The maximum absolute atomic E-state index is 13.8. The Kier molecular flexibility index (Phi) is 8.66. The van der Waals surface area contributed by atoms with Crippen molar-refractivity contribution in [3.05, 3.63) is 63.6 Å². The number of amides is 2. The van der Waals surface area contributed by atoms with Crippen molar-refractivity contribution in [3.8, 4) is 0 Å². The number of carbonyl (C=O) groups is 2. The molecule has 0 spiro atoms. The molecular formula is C31H39Cl2N3O4S. The minimum Gasteiger partial charge on any atom is -0.355 e. The number of nitrogens with one attached hydrogen (secondary N) is 1. The van der Waals surface area contributed by atoms with E-state index in [0.717, 1.165) is 28.3 Å². The number of nitrogens with zero attached hydrogens (tertiary/aromatic N) is 2. The highest BCUT2D eigenvalue weighted by Crippen LogP contribution is 2.60. The van der Waals surface area contributed by atoms with Crippen LogP contribution in [0.2, 0.25) is 10.0 Å². The van der Waals surface area contributed by atoms with Gasteiger partial charge in [-0.2, -0.15) is 0 Å². The molecule has 1 atom stereocenters. The fourth-order valence-electron chi connectivity index (χ4n) is 7.80. The Hall–Kier alpha value is -2.29. The second-order valence-electron chi connectivity index (χ2n) is 12.4. The maximum Gasteiger partial charge on any atom is 0.244 e. The van der Waals surface area contributed by atoms with Crippen LogP contribution in [-0.2, 0) is 31.6 Å². The van der Waals surface area contributed by atoms with E-state index in [1.54, 1.807) is 32.0 Å². The topological polar surface area (TPSA) is 86.8 Å². The van der Waals surface area contributed by atoms with Crippen molar-refractivity contribution in [2.45, 2.75) is 70.4 Å². The molecule has 1 N–H and O–H groups in total. The molecule has 0 aromatic heterocycles. The van der Waals surface area contributed by atoms with Gasteiger partial charge in [0.15, 0.2) is 0 Å². The van der Waals surface area contributed by atoms with Crippen molar-refractivity contribution in [1.82, 2.24) is 10.2 Å². The SMILES string of the molecule is CCNC(=O)[C@@H](C)N(Cc1ccc(Cl)c(Cl)c1)C(=O)CN(c1ccc(C23CC4CC(CC(C4)C2)C3)cc1)S(C)(=O)=O. The Labute approximate surface area is 253 Å². The van der Waals surface area contributed by atoms with Gasteiger partial charge in [0.1, 0.15) is 12.6 Å². The number of benzene rings is 2. The minimum atomic E-state index is -3.80. The predicted molar refractivity (Wildman–Crippen MR) is 164 cm³/mol. The van der Waals surface area contributed by atoms with E-state index in [1.165, 1.54) is 49.0 Å². The summed E-state index contributed by atoms with van der Waals surface area (Å²) >= 11 is 12.3. The zero-order chi connectivity index (χ0) is 29.5. The zero-order valence-corrected chi connectivity index (χ0v) is 26.2. The van der Waals surface area contributed by atoms with Gasteiger partial charge in [-0.1, -0.05) is 41.4 Å². The second-order valence-corrected chi connectivity index (χ2v) is 15.1. The van der Waals surface area contributed by atoms with Crippen molar-refractivity contribution in [1.29, 1.82) is 0 Å². The van der Waals surface area contributed by atoms with Crippen LogP contribution in [0.5, 0.6) is 0 Å². The summed E-state index contributed by atoms with van der Waals surface area (Å²) in [6, 6.07) is 12.0. The molecule has 4 saturated carbocycles. The minimum absolute atomic E-state index is 0.0661. The Morgan fingerprint density at radius 2 is 1.56 bits per heavy atom. The van der Waals surface area contributed by atoms with E-state index in [0.29, 0.717) is 27.8 Å². The Morgan fingerprint density at radius 3 is 2.07 bits per heavy atom. The lowest BCUT2D eigenvalue weighted by atomic mass is 9.48. The van der Waals surface area contributed by atoms with Crippen molar-refractivity contribution in [3.63, 3.8) is 0 Å². The largest absolute Gasteiger partial charge is 0.355 e. The highest BCUT2D eigenvalue weighted by atomic mass is 35.5. The molecule has 0 heterocycles. The summed E-state index contributed by atoms with van der Waals surface area (Å²) in [6.07, 6.45) is 8.82. The van der Waals surface area contributed by atoms with Gasteiger partial charge >= 0.3 is 0 Å². The van der Waals surface area contributed by atoms with Gasteiger partial charge in [-0.25, -0.2) is 8.42 Å². The maximum atomic E-state index is 13.8. The molecule has 41 heavy (non-hydrogen) atoms. The van der Waals surface area contributed by atoms with Gasteiger partial charge in [-0.3, -0.25) is 13.9 Å². The van der Waals surface area contributed by atoms with Crippen LogP contribution in [0.1, 0.15) is 63.5 Å². The first-order valence-electron chi connectivity index (χ1n) is 14.5. The summed E-state index contributed by atoms with van der Waals surface area (Å²) in [4.78, 5) is 27.9. The molecule has 2 aromatic rings. The zero-order valence-electron chi connectivity index (χ0n) is 23.9. The molecule has 6 rings (SSSR count). The highest BCUT2D eigenvalue weighted by molar-refractivity contribution is 7.92. The fraction of sp³-hybridized carbons (Fsp3) is 0.548. The number of rotatable bonds is 10. The standard InChI is InChI=1S/C31H39Cl2N3O4S/c1-4-34-30(38)20(2)35(18-21-5-10-27(32)28(33)14-21)29(37)19-36(41(3,39)40)26-8-6-25(7-9-26)31-15-22-11-23(16-31)13-24(12-22)17-31/h5-10,14,20,22-24H,4,11-13,15-19H2,1-3H3,(H,34,38)/t20-,22?,23?,24?,31?/m1/s1. The van der Waals surface area contributed by atoms with E-state index in [-0.39, 0.29) is 17.9 Å². The summed E-state index contributed by atoms with van der Waals surface area (Å²) in [7, 11) is -3.80. The molecule has 0 saturated heterocycles. The van der Waals surface area contributed by atoms with Gasteiger partial charge < -0.3 is 10.2 Å². The average molecular weight is 621 g/mol. The van der Waals surface area contributed by atoms with Gasteiger partial charge in [-0.05, 0) is 111 Å². The molecule has 4 bridgehead atoms. The fourth-order valence-corrected chi connectivity index (χ4v) is 8.97. The Balaban J connectivity index is 1.39. The molecule has 4 fully saturated rings. The molecule has 222 valence electrons. The first kappa shape index (κ1) is 30.2. The van der Waals surface area contributed by atoms with Crippen LogP contribution < -0.4 is 9.62 Å². The lowest BCUT2D eigenvalue weighted by molar-refractivity contribution is -0.139. The van der Waals surface area contributed by atoms with E-state index in [1.807, 2.05) is 12.1 Å². The quantitative estimate of drug-likeness (QED) is 0.365. The van der Waals surface area contributed by atoms with E-state index in [9.17, 15) is 18.0 Å². The van der Waals surface area contributed by atoms with Crippen molar-refractivity contribution < 1.29 is 18.0 Å². The second kappa shape index (κ2) is 11.8. The van der Waals surface area contributed by atoms with Crippen LogP contribution in [-0.4, -0.2) is 50.5 Å². The number of halogens is 2. The Morgan fingerprint density at radius 1 is 0.976 bits per heavy atom. The molecule has 0 unspecified atom stereocenters. The summed E-state index contributed by atoms with van der Waals surface area (Å²) in [6.45, 7) is 3.47. The molecule has 0 radical (unpaired) electrons. The number of hydrogen-bond donors (Lipinski definition) is 1. The predicted octanol–water partition coefficient (Wildman–Crippen LogP) is 5.78. The molecule has 7 nitrogen and oxygen atoms in total. The first-order valence-corrected chi connectivity index (χ1v) is 17.1. The van der Waals surface area contributed by atoms with Crippen LogP contribution >= 0.6 is 23.2 Å². The van der Waals surface area contributed by atoms with Crippen LogP contribution in [0.15, 0.2) is 42.5 Å². The van der Waals surface area contributed by atoms with E-state index in [2.05, 4.69) is 17.4 Å². The average Bonchev–Trinajstić information content (AvgIpc) is 2.90. The smallest absolute Gasteiger partial charge is 0.244 e. The van der Waals surface area contributed by atoms with Gasteiger partial charge in [-0.15, -0.1) is 0 Å². The van der Waals surface area contributed by atoms with Gasteiger partial charge in [0.05, 0.1) is 22.0 Å². The van der Waals surface area contributed by atoms with Crippen LogP contribution in [0, 0.1) is 17.8 Å². The third-order valence-electron chi connectivity index (χ3n) is 9.34. The van der Waals surface area contributed by atoms with Crippen molar-refractivity contribution in [2.75, 3.05) is 23.7 Å². The monoisotopic (exact) mass is 619 g/mol. The third kappa shape index (κ3) is 6.40. The number of carbonyl (C=O) groups excluding carboxylic acids is 2. The van der Waals surface area contributed by atoms with Crippen LogP contribution in [0.3, 0.4) is 0 Å². The Bertz CT molecular complexity index is 1380. The molecule has 2 aromatic carbocycles. The summed E-state index contributed by atoms with van der Waals surface area (Å²) in [5.74, 6) is 1.59. The lowest BCUT2D eigenvalue weighted by Gasteiger charge is -2.57. The van der Waals surface area contributed by atoms with Crippen molar-refractivity contribution >= 4 is 50.7 Å². The normalized spacial score (nSPS) is 25.5. The van der Waals surface area contributed by atoms with E-state index in [4.69, 9.17) is 23.2 Å². The molecule has 4 aliphatic carbocycles. The van der Waals surface area contributed by atoms with E-state index < -0.39 is 28.5 Å². The summed E-state index contributed by atoms with van der Waals surface area (Å²) in [5.41, 5.74) is 2.59. The van der Waals surface area contributed by atoms with Crippen LogP contribution in [0.25, 0.3) is 0 Å². The third-order valence-corrected chi connectivity index (χ3v) is 11.2.